The summed E-state index contributed by atoms with van der Waals surface area (Å²) < 4.78 is 69.1. The van der Waals surface area contributed by atoms with Gasteiger partial charge in [-0.25, -0.2) is 18.4 Å². The van der Waals surface area contributed by atoms with Gasteiger partial charge in [-0.05, 0) is 42.5 Å². The molecular weight excluding hydrogens is 423 g/mol. The van der Waals surface area contributed by atoms with Gasteiger partial charge < -0.3 is 5.32 Å². The highest BCUT2D eigenvalue weighted by molar-refractivity contribution is 6.05. The van der Waals surface area contributed by atoms with Crippen molar-refractivity contribution in [3.63, 3.8) is 0 Å². The zero-order valence-corrected chi connectivity index (χ0v) is 15.3. The molecule has 2 aromatic carbocycles. The van der Waals surface area contributed by atoms with Crippen molar-refractivity contribution in [1.29, 1.82) is 0 Å². The number of amides is 1. The first-order valence-electron chi connectivity index (χ1n) is 8.62. The molecule has 31 heavy (non-hydrogen) atoms. The number of alkyl halides is 3. The van der Waals surface area contributed by atoms with Gasteiger partial charge in [-0.2, -0.15) is 23.4 Å². The van der Waals surface area contributed by atoms with Crippen LogP contribution < -0.4 is 5.32 Å². The van der Waals surface area contributed by atoms with Crippen LogP contribution in [-0.4, -0.2) is 30.9 Å². The Bertz CT molecular complexity index is 1230. The largest absolute Gasteiger partial charge is 0.434 e. The van der Waals surface area contributed by atoms with E-state index in [0.717, 1.165) is 30.3 Å². The van der Waals surface area contributed by atoms with Crippen LogP contribution in [0.2, 0.25) is 0 Å². The highest BCUT2D eigenvalue weighted by Crippen LogP contribution is 2.34. The Kier molecular flexibility index (Phi) is 4.97. The number of benzene rings is 2. The number of carbonyl (C=O) groups excluding carboxylic acids is 1. The Balaban J connectivity index is 1.67. The molecule has 0 atom stereocenters. The highest BCUT2D eigenvalue weighted by atomic mass is 19.4. The minimum atomic E-state index is -4.97. The van der Waals surface area contributed by atoms with E-state index in [0.29, 0.717) is 16.4 Å². The molecule has 0 aliphatic rings. The summed E-state index contributed by atoms with van der Waals surface area (Å²) in [5, 5.41) is 11.9. The second-order valence-electron chi connectivity index (χ2n) is 6.28. The summed E-state index contributed by atoms with van der Waals surface area (Å²) in [6, 6.07) is 7.73. The van der Waals surface area contributed by atoms with Gasteiger partial charge in [0.05, 0.1) is 23.1 Å². The van der Waals surface area contributed by atoms with Crippen molar-refractivity contribution in [3.8, 4) is 17.1 Å². The van der Waals surface area contributed by atoms with Gasteiger partial charge >= 0.3 is 6.18 Å². The topological polar surface area (TPSA) is 88.5 Å². The van der Waals surface area contributed by atoms with Crippen LogP contribution in [0.15, 0.2) is 55.0 Å². The third-order valence-corrected chi connectivity index (χ3v) is 4.26. The van der Waals surface area contributed by atoms with Gasteiger partial charge in [0.25, 0.3) is 5.91 Å². The molecule has 0 radical (unpaired) electrons. The molecule has 2 aromatic heterocycles. The summed E-state index contributed by atoms with van der Waals surface area (Å²) in [4.78, 5) is 16.4. The van der Waals surface area contributed by atoms with Crippen LogP contribution in [0.25, 0.3) is 17.1 Å². The average Bonchev–Trinajstić information content (AvgIpc) is 3.40. The van der Waals surface area contributed by atoms with E-state index in [-0.39, 0.29) is 17.2 Å². The molecule has 0 saturated carbocycles. The molecular formula is C19H11F5N6O. The first-order valence-corrected chi connectivity index (χ1v) is 8.62. The molecule has 0 aliphatic heterocycles. The van der Waals surface area contributed by atoms with Crippen molar-refractivity contribution in [3.05, 3.63) is 77.9 Å². The standard InChI is InChI=1S/C19H11F5N6O/c20-11-2-4-12(5-3-11)30-16(19(22,23)24)13(8-27-30)18(31)28-15-6-1-10(7-14(15)21)17-25-9-26-29-17/h1-9H,(H,28,31)(H,25,26,29). The number of halogens is 5. The summed E-state index contributed by atoms with van der Waals surface area (Å²) in [5.74, 6) is -2.47. The minimum absolute atomic E-state index is 0.102. The van der Waals surface area contributed by atoms with E-state index in [9.17, 15) is 26.7 Å². The van der Waals surface area contributed by atoms with Crippen molar-refractivity contribution in [2.24, 2.45) is 0 Å². The molecule has 0 unspecified atom stereocenters. The molecule has 4 aromatic rings. The number of aromatic amines is 1. The van der Waals surface area contributed by atoms with Crippen LogP contribution in [0, 0.1) is 11.6 Å². The summed E-state index contributed by atoms with van der Waals surface area (Å²) in [6.07, 6.45) is -3.03. The maximum Gasteiger partial charge on any atom is 0.434 e. The number of nitrogens with zero attached hydrogens (tertiary/aromatic N) is 4. The molecule has 0 saturated heterocycles. The lowest BCUT2D eigenvalue weighted by molar-refractivity contribution is -0.143. The van der Waals surface area contributed by atoms with E-state index < -0.39 is 35.0 Å². The Morgan fingerprint density at radius 1 is 1.06 bits per heavy atom. The Morgan fingerprint density at radius 3 is 2.42 bits per heavy atom. The van der Waals surface area contributed by atoms with Gasteiger partial charge in [0.2, 0.25) is 0 Å². The van der Waals surface area contributed by atoms with Gasteiger partial charge in [0, 0.05) is 5.56 Å². The molecule has 1 amide bonds. The van der Waals surface area contributed by atoms with E-state index in [4.69, 9.17) is 0 Å². The monoisotopic (exact) mass is 434 g/mol. The molecule has 2 N–H and O–H groups in total. The fraction of sp³-hybridized carbons (Fsp3) is 0.0526. The molecule has 0 fully saturated rings. The molecule has 12 heteroatoms. The van der Waals surface area contributed by atoms with Crippen LogP contribution in [-0.2, 0) is 6.18 Å². The molecule has 0 bridgehead atoms. The first-order chi connectivity index (χ1) is 14.7. The Labute approximate surface area is 170 Å². The summed E-state index contributed by atoms with van der Waals surface area (Å²) in [5.41, 5.74) is -2.31. The molecule has 0 aliphatic carbocycles. The van der Waals surface area contributed by atoms with Gasteiger partial charge in [0.1, 0.15) is 18.0 Å². The fourth-order valence-electron chi connectivity index (χ4n) is 2.86. The van der Waals surface area contributed by atoms with E-state index in [1.807, 2.05) is 0 Å². The minimum Gasteiger partial charge on any atom is -0.319 e. The summed E-state index contributed by atoms with van der Waals surface area (Å²) in [7, 11) is 0. The molecule has 2 heterocycles. The SMILES string of the molecule is O=C(Nc1ccc(-c2ncn[nH]2)cc1F)c1cnn(-c2ccc(F)cc2)c1C(F)(F)F. The van der Waals surface area contributed by atoms with Gasteiger partial charge in [-0.3, -0.25) is 9.89 Å². The molecule has 0 spiro atoms. The van der Waals surface area contributed by atoms with E-state index in [1.165, 1.54) is 18.5 Å². The molecule has 4 rings (SSSR count). The second kappa shape index (κ2) is 7.63. The van der Waals surface area contributed by atoms with Crippen LogP contribution in [0.4, 0.5) is 27.6 Å². The smallest absolute Gasteiger partial charge is 0.319 e. The van der Waals surface area contributed by atoms with Crippen LogP contribution in [0.5, 0.6) is 0 Å². The number of nitrogens with one attached hydrogen (secondary N) is 2. The number of hydrogen-bond acceptors (Lipinski definition) is 4. The van der Waals surface area contributed by atoms with E-state index in [1.54, 1.807) is 0 Å². The van der Waals surface area contributed by atoms with E-state index >= 15 is 0 Å². The predicted molar refractivity (Wildman–Crippen MR) is 98.3 cm³/mol. The van der Waals surface area contributed by atoms with Crippen LogP contribution >= 0.6 is 0 Å². The number of hydrogen-bond donors (Lipinski definition) is 2. The lowest BCUT2D eigenvalue weighted by atomic mass is 10.1. The highest BCUT2D eigenvalue weighted by Gasteiger charge is 2.40. The fourth-order valence-corrected chi connectivity index (χ4v) is 2.86. The first kappa shape index (κ1) is 20.2. The Hall–Kier alpha value is -4.09. The van der Waals surface area contributed by atoms with Gasteiger partial charge in [0.15, 0.2) is 11.5 Å². The normalized spacial score (nSPS) is 11.5. The number of anilines is 1. The lowest BCUT2D eigenvalue weighted by Crippen LogP contribution is -2.21. The average molecular weight is 434 g/mol. The molecule has 7 nitrogen and oxygen atoms in total. The van der Waals surface area contributed by atoms with Crippen molar-refractivity contribution < 1.29 is 26.7 Å². The van der Waals surface area contributed by atoms with Gasteiger partial charge in [-0.15, -0.1) is 0 Å². The lowest BCUT2D eigenvalue weighted by Gasteiger charge is -2.13. The quantitative estimate of drug-likeness (QED) is 0.471. The number of aromatic nitrogens is 5. The van der Waals surface area contributed by atoms with Crippen LogP contribution in [0.1, 0.15) is 16.1 Å². The zero-order chi connectivity index (χ0) is 22.2. The van der Waals surface area contributed by atoms with Crippen molar-refractivity contribution in [1.82, 2.24) is 25.0 Å². The second-order valence-corrected chi connectivity index (χ2v) is 6.28. The zero-order valence-electron chi connectivity index (χ0n) is 15.3. The third-order valence-electron chi connectivity index (χ3n) is 4.26. The summed E-state index contributed by atoms with van der Waals surface area (Å²) >= 11 is 0. The van der Waals surface area contributed by atoms with Crippen molar-refractivity contribution in [2.45, 2.75) is 6.18 Å². The number of H-pyrrole nitrogens is 1. The Morgan fingerprint density at radius 2 is 1.81 bits per heavy atom. The number of rotatable bonds is 4. The predicted octanol–water partition coefficient (Wildman–Crippen LogP) is 4.21. The van der Waals surface area contributed by atoms with Crippen molar-refractivity contribution in [2.75, 3.05) is 5.32 Å². The van der Waals surface area contributed by atoms with Gasteiger partial charge in [-0.1, -0.05) is 0 Å². The molecule has 158 valence electrons. The van der Waals surface area contributed by atoms with Crippen molar-refractivity contribution >= 4 is 11.6 Å². The maximum absolute atomic E-state index is 14.4. The maximum atomic E-state index is 14.4. The van der Waals surface area contributed by atoms with Crippen LogP contribution in [0.3, 0.4) is 0 Å². The number of carbonyl (C=O) groups is 1. The summed E-state index contributed by atoms with van der Waals surface area (Å²) in [6.45, 7) is 0. The van der Waals surface area contributed by atoms with E-state index in [2.05, 4.69) is 25.6 Å². The third kappa shape index (κ3) is 3.99.